The van der Waals surface area contributed by atoms with E-state index in [4.69, 9.17) is 5.11 Å². The molecule has 0 aromatic carbocycles. The van der Waals surface area contributed by atoms with Gasteiger partial charge in [-0.3, -0.25) is 4.79 Å². The number of aliphatic carboxylic acids is 1. The molecule has 1 rings (SSSR count). The van der Waals surface area contributed by atoms with Gasteiger partial charge < -0.3 is 15.3 Å². The highest BCUT2D eigenvalue weighted by atomic mass is 16.4. The second-order valence-corrected chi connectivity index (χ2v) is 4.42. The van der Waals surface area contributed by atoms with Crippen LogP contribution in [0.15, 0.2) is 0 Å². The Morgan fingerprint density at radius 3 is 2.62 bits per heavy atom. The average molecular weight is 228 g/mol. The Morgan fingerprint density at radius 2 is 2.12 bits per heavy atom. The lowest BCUT2D eigenvalue weighted by molar-refractivity contribution is -0.137. The van der Waals surface area contributed by atoms with Crippen LogP contribution in [-0.2, 0) is 4.79 Å². The molecule has 1 saturated carbocycles. The van der Waals surface area contributed by atoms with Gasteiger partial charge in [-0.25, -0.2) is 4.79 Å². The first kappa shape index (κ1) is 12.8. The van der Waals surface area contributed by atoms with Gasteiger partial charge in [-0.15, -0.1) is 0 Å². The Kier molecular flexibility index (Phi) is 4.58. The van der Waals surface area contributed by atoms with Crippen LogP contribution in [-0.4, -0.2) is 41.6 Å². The van der Waals surface area contributed by atoms with E-state index in [9.17, 15) is 9.59 Å². The predicted molar refractivity (Wildman–Crippen MR) is 60.2 cm³/mol. The Bertz CT molecular complexity index is 264. The molecular weight excluding hydrogens is 208 g/mol. The van der Waals surface area contributed by atoms with Crippen molar-refractivity contribution in [2.24, 2.45) is 5.92 Å². The average Bonchev–Trinajstić information content (AvgIpc) is 3.05. The number of hydrogen-bond acceptors (Lipinski definition) is 2. The van der Waals surface area contributed by atoms with E-state index >= 15 is 0 Å². The van der Waals surface area contributed by atoms with Crippen LogP contribution in [0, 0.1) is 5.92 Å². The molecule has 2 N–H and O–H groups in total. The van der Waals surface area contributed by atoms with Crippen molar-refractivity contribution in [3.8, 4) is 0 Å². The van der Waals surface area contributed by atoms with Crippen LogP contribution in [0.2, 0.25) is 0 Å². The van der Waals surface area contributed by atoms with Gasteiger partial charge in [0.15, 0.2) is 0 Å². The quantitative estimate of drug-likeness (QED) is 0.673. The lowest BCUT2D eigenvalue weighted by Crippen LogP contribution is -2.43. The molecule has 0 spiro atoms. The molecule has 0 aromatic rings. The normalized spacial score (nSPS) is 16.6. The lowest BCUT2D eigenvalue weighted by Gasteiger charge is -2.25. The lowest BCUT2D eigenvalue weighted by atomic mass is 10.2. The number of nitrogens with zero attached hydrogens (tertiary/aromatic N) is 1. The summed E-state index contributed by atoms with van der Waals surface area (Å²) >= 11 is 0. The van der Waals surface area contributed by atoms with E-state index in [-0.39, 0.29) is 18.5 Å². The predicted octanol–water partition coefficient (Wildman–Crippen LogP) is 1.29. The smallest absolute Gasteiger partial charge is 0.317 e. The summed E-state index contributed by atoms with van der Waals surface area (Å²) in [4.78, 5) is 23.6. The van der Waals surface area contributed by atoms with Gasteiger partial charge in [0.1, 0.15) is 0 Å². The van der Waals surface area contributed by atoms with E-state index in [0.717, 1.165) is 0 Å². The Morgan fingerprint density at radius 1 is 1.50 bits per heavy atom. The third kappa shape index (κ3) is 4.08. The van der Waals surface area contributed by atoms with Crippen molar-refractivity contribution < 1.29 is 14.7 Å². The molecule has 2 amide bonds. The topological polar surface area (TPSA) is 69.6 Å². The summed E-state index contributed by atoms with van der Waals surface area (Å²) in [7, 11) is 1.79. The number of hydrogen-bond donors (Lipinski definition) is 2. The van der Waals surface area contributed by atoms with Crippen molar-refractivity contribution >= 4 is 12.0 Å². The van der Waals surface area contributed by atoms with E-state index in [1.54, 1.807) is 11.9 Å². The summed E-state index contributed by atoms with van der Waals surface area (Å²) in [6.45, 7) is 2.47. The summed E-state index contributed by atoms with van der Waals surface area (Å²) < 4.78 is 0. The largest absolute Gasteiger partial charge is 0.481 e. The second-order valence-electron chi connectivity index (χ2n) is 4.42. The van der Waals surface area contributed by atoms with Crippen molar-refractivity contribution in [3.63, 3.8) is 0 Å². The van der Waals surface area contributed by atoms with Crippen molar-refractivity contribution in [1.29, 1.82) is 0 Å². The Labute approximate surface area is 95.8 Å². The molecule has 1 unspecified atom stereocenters. The van der Waals surface area contributed by atoms with Gasteiger partial charge in [0.2, 0.25) is 0 Å². The minimum Gasteiger partial charge on any atom is -0.481 e. The number of carboxylic acid groups (broad SMARTS) is 1. The third-order valence-electron chi connectivity index (χ3n) is 3.08. The van der Waals surface area contributed by atoms with Gasteiger partial charge in [0.25, 0.3) is 0 Å². The van der Waals surface area contributed by atoms with Crippen molar-refractivity contribution in [2.75, 3.05) is 13.6 Å². The van der Waals surface area contributed by atoms with E-state index in [0.29, 0.717) is 18.9 Å². The zero-order valence-corrected chi connectivity index (χ0v) is 9.90. The molecule has 1 atom stereocenters. The summed E-state index contributed by atoms with van der Waals surface area (Å²) in [5.74, 6) is -0.177. The standard InChI is InChI=1S/C11H20N2O3/c1-8(9-5-6-9)13(2)11(16)12-7-3-4-10(14)15/h8-9H,3-7H2,1-2H3,(H,12,16)(H,14,15). The molecule has 0 aliphatic heterocycles. The molecule has 1 fully saturated rings. The first-order chi connectivity index (χ1) is 7.52. The van der Waals surface area contributed by atoms with Gasteiger partial charge in [-0.2, -0.15) is 0 Å². The van der Waals surface area contributed by atoms with Crippen molar-refractivity contribution in [3.05, 3.63) is 0 Å². The van der Waals surface area contributed by atoms with Crippen LogP contribution in [0.5, 0.6) is 0 Å². The highest BCUT2D eigenvalue weighted by molar-refractivity contribution is 5.74. The summed E-state index contributed by atoms with van der Waals surface area (Å²) in [6.07, 6.45) is 2.99. The minimum absolute atomic E-state index is 0.0994. The van der Waals surface area contributed by atoms with Crippen LogP contribution < -0.4 is 5.32 Å². The highest BCUT2D eigenvalue weighted by Crippen LogP contribution is 2.34. The zero-order chi connectivity index (χ0) is 12.1. The van der Waals surface area contributed by atoms with Crippen LogP contribution in [0.3, 0.4) is 0 Å². The molecular formula is C11H20N2O3. The van der Waals surface area contributed by atoms with E-state index in [2.05, 4.69) is 12.2 Å². The van der Waals surface area contributed by atoms with Gasteiger partial charge >= 0.3 is 12.0 Å². The molecule has 0 saturated heterocycles. The number of urea groups is 1. The Balaban J connectivity index is 2.15. The molecule has 5 nitrogen and oxygen atoms in total. The number of carbonyl (C=O) groups is 2. The minimum atomic E-state index is -0.825. The maximum atomic E-state index is 11.6. The van der Waals surface area contributed by atoms with E-state index < -0.39 is 5.97 Å². The first-order valence-corrected chi connectivity index (χ1v) is 5.75. The highest BCUT2D eigenvalue weighted by Gasteiger charge is 2.32. The molecule has 92 valence electrons. The number of amides is 2. The zero-order valence-electron chi connectivity index (χ0n) is 9.90. The fourth-order valence-corrected chi connectivity index (χ4v) is 1.64. The van der Waals surface area contributed by atoms with Gasteiger partial charge in [0, 0.05) is 26.1 Å². The SMILES string of the molecule is CC(C1CC1)N(C)C(=O)NCCCC(=O)O. The molecule has 5 heteroatoms. The molecule has 0 aromatic heterocycles. The maximum absolute atomic E-state index is 11.6. The molecule has 0 heterocycles. The van der Waals surface area contributed by atoms with Crippen LogP contribution in [0.25, 0.3) is 0 Å². The molecule has 0 radical (unpaired) electrons. The van der Waals surface area contributed by atoms with Gasteiger partial charge in [0.05, 0.1) is 0 Å². The molecule has 0 bridgehead atoms. The first-order valence-electron chi connectivity index (χ1n) is 5.75. The molecule has 1 aliphatic rings. The second kappa shape index (κ2) is 5.72. The summed E-state index contributed by atoms with van der Waals surface area (Å²) in [6, 6.07) is 0.171. The number of rotatable bonds is 6. The number of carbonyl (C=O) groups excluding carboxylic acids is 1. The van der Waals surface area contributed by atoms with Crippen molar-refractivity contribution in [1.82, 2.24) is 10.2 Å². The van der Waals surface area contributed by atoms with Crippen LogP contribution >= 0.6 is 0 Å². The fourth-order valence-electron chi connectivity index (χ4n) is 1.64. The van der Waals surface area contributed by atoms with E-state index in [1.165, 1.54) is 12.8 Å². The fraction of sp³-hybridized carbons (Fsp3) is 0.818. The number of nitrogens with one attached hydrogen (secondary N) is 1. The third-order valence-corrected chi connectivity index (χ3v) is 3.08. The number of carboxylic acids is 1. The molecule has 1 aliphatic carbocycles. The maximum Gasteiger partial charge on any atom is 0.317 e. The van der Waals surface area contributed by atoms with Gasteiger partial charge in [-0.05, 0) is 32.1 Å². The van der Waals surface area contributed by atoms with E-state index in [1.807, 2.05) is 0 Å². The monoisotopic (exact) mass is 228 g/mol. The summed E-state index contributed by atoms with van der Waals surface area (Å²) in [5, 5.41) is 11.2. The molecule has 16 heavy (non-hydrogen) atoms. The van der Waals surface area contributed by atoms with Gasteiger partial charge in [-0.1, -0.05) is 0 Å². The van der Waals surface area contributed by atoms with Crippen molar-refractivity contribution in [2.45, 2.75) is 38.6 Å². The van der Waals surface area contributed by atoms with Crippen LogP contribution in [0.4, 0.5) is 4.79 Å². The van der Waals surface area contributed by atoms with Crippen LogP contribution in [0.1, 0.15) is 32.6 Å². The Hall–Kier alpha value is -1.26. The summed E-state index contributed by atoms with van der Waals surface area (Å²) in [5.41, 5.74) is 0.